The first-order chi connectivity index (χ1) is 10.9. The first-order valence-electron chi connectivity index (χ1n) is 7.79. The zero-order chi connectivity index (χ0) is 14.8. The Morgan fingerprint density at radius 2 is 2.14 bits per heavy atom. The van der Waals surface area contributed by atoms with E-state index in [4.69, 9.17) is 0 Å². The monoisotopic (exact) mass is 309 g/mol. The molecule has 3 aromatic rings. The van der Waals surface area contributed by atoms with Crippen LogP contribution in [0.4, 0.5) is 0 Å². The number of aryl methyl sites for hydroxylation is 1. The minimum atomic E-state index is 0.495. The lowest BCUT2D eigenvalue weighted by Crippen LogP contribution is -2.23. The highest BCUT2D eigenvalue weighted by atomic mass is 32.1. The second-order valence-electron chi connectivity index (χ2n) is 5.75. The Bertz CT molecular complexity index is 745. The minimum absolute atomic E-state index is 0.495. The van der Waals surface area contributed by atoms with E-state index in [1.165, 1.54) is 30.4 Å². The van der Waals surface area contributed by atoms with Gasteiger partial charge in [0.15, 0.2) is 0 Å². The Labute approximate surface area is 134 Å². The number of fused-ring (bicyclic) bond motifs is 1. The van der Waals surface area contributed by atoms with Crippen LogP contribution in [0.25, 0.3) is 5.69 Å². The molecule has 4 rings (SSSR count). The quantitative estimate of drug-likeness (QED) is 0.786. The van der Waals surface area contributed by atoms with Gasteiger partial charge < -0.3 is 5.32 Å². The minimum Gasteiger partial charge on any atom is -0.306 e. The maximum Gasteiger partial charge on any atom is 0.0645 e. The van der Waals surface area contributed by atoms with Gasteiger partial charge in [-0.3, -0.25) is 0 Å². The molecule has 1 unspecified atom stereocenters. The van der Waals surface area contributed by atoms with Gasteiger partial charge in [0.2, 0.25) is 0 Å². The van der Waals surface area contributed by atoms with Crippen LogP contribution in [0.15, 0.2) is 54.2 Å². The van der Waals surface area contributed by atoms with E-state index in [2.05, 4.69) is 40.2 Å². The van der Waals surface area contributed by atoms with Crippen LogP contribution < -0.4 is 5.32 Å². The third kappa shape index (κ3) is 2.72. The smallest absolute Gasteiger partial charge is 0.0645 e. The summed E-state index contributed by atoms with van der Waals surface area (Å²) in [6, 6.07) is 13.0. The molecule has 1 aromatic carbocycles. The molecule has 0 fully saturated rings. The molecule has 1 atom stereocenters. The van der Waals surface area contributed by atoms with Gasteiger partial charge in [0.25, 0.3) is 0 Å². The lowest BCUT2D eigenvalue weighted by molar-refractivity contribution is 0.463. The summed E-state index contributed by atoms with van der Waals surface area (Å²) < 4.78 is 1.94. The maximum atomic E-state index is 4.46. The van der Waals surface area contributed by atoms with Gasteiger partial charge in [-0.15, -0.1) is 11.3 Å². The van der Waals surface area contributed by atoms with Crippen LogP contribution in [0.3, 0.4) is 0 Å². The van der Waals surface area contributed by atoms with Gasteiger partial charge in [0.1, 0.15) is 0 Å². The Morgan fingerprint density at radius 3 is 3.05 bits per heavy atom. The fourth-order valence-corrected chi connectivity index (χ4v) is 4.10. The Hall–Kier alpha value is -1.91. The van der Waals surface area contributed by atoms with Crippen molar-refractivity contribution in [3.63, 3.8) is 0 Å². The van der Waals surface area contributed by atoms with Gasteiger partial charge in [-0.2, -0.15) is 5.10 Å². The Kier molecular flexibility index (Phi) is 3.79. The van der Waals surface area contributed by atoms with Crippen molar-refractivity contribution in [3.05, 3.63) is 70.2 Å². The van der Waals surface area contributed by atoms with E-state index in [0.717, 1.165) is 12.2 Å². The zero-order valence-corrected chi connectivity index (χ0v) is 13.2. The predicted molar refractivity (Wildman–Crippen MR) is 90.4 cm³/mol. The fourth-order valence-electron chi connectivity index (χ4n) is 3.11. The van der Waals surface area contributed by atoms with E-state index in [-0.39, 0.29) is 0 Å². The van der Waals surface area contributed by atoms with E-state index in [9.17, 15) is 0 Å². The molecule has 0 saturated heterocycles. The topological polar surface area (TPSA) is 29.9 Å². The fraction of sp³-hybridized carbons (Fsp3) is 0.278. The zero-order valence-electron chi connectivity index (χ0n) is 12.4. The van der Waals surface area contributed by atoms with E-state index in [1.807, 2.05) is 40.4 Å². The van der Waals surface area contributed by atoms with E-state index >= 15 is 0 Å². The van der Waals surface area contributed by atoms with Gasteiger partial charge in [-0.25, -0.2) is 4.68 Å². The average Bonchev–Trinajstić information content (AvgIpc) is 3.23. The lowest BCUT2D eigenvalue weighted by Gasteiger charge is -2.23. The highest BCUT2D eigenvalue weighted by molar-refractivity contribution is 7.10. The van der Waals surface area contributed by atoms with Crippen LogP contribution in [0.2, 0.25) is 0 Å². The molecule has 2 heterocycles. The molecule has 1 aliphatic carbocycles. The molecule has 112 valence electrons. The number of para-hydroxylation sites is 1. The summed E-state index contributed by atoms with van der Waals surface area (Å²) >= 11 is 1.90. The predicted octanol–water partition coefficient (Wildman–Crippen LogP) is 4.10. The van der Waals surface area contributed by atoms with Gasteiger partial charge in [-0.05, 0) is 48.4 Å². The third-order valence-corrected chi connectivity index (χ3v) is 5.26. The molecule has 0 saturated carbocycles. The van der Waals surface area contributed by atoms with Gasteiger partial charge in [-0.1, -0.05) is 18.2 Å². The summed E-state index contributed by atoms with van der Waals surface area (Å²) in [7, 11) is 0. The summed E-state index contributed by atoms with van der Waals surface area (Å²) in [5.41, 5.74) is 3.84. The van der Waals surface area contributed by atoms with Crippen molar-refractivity contribution < 1.29 is 0 Å². The summed E-state index contributed by atoms with van der Waals surface area (Å²) in [5, 5.41) is 10.4. The number of hydrogen-bond acceptors (Lipinski definition) is 3. The molecule has 1 N–H and O–H groups in total. The number of rotatable bonds is 4. The van der Waals surface area contributed by atoms with Crippen LogP contribution in [0.1, 0.15) is 34.9 Å². The normalized spacial score (nSPS) is 17.4. The number of nitrogens with zero attached hydrogens (tertiary/aromatic N) is 2. The Morgan fingerprint density at radius 1 is 1.23 bits per heavy atom. The standard InChI is InChI=1S/C18H19N3S/c1-2-5-15(6-3-1)21-13-14(12-20-21)11-19-17-7-4-8-18-16(17)9-10-22-18/h1-3,5-6,9-10,12-13,17,19H,4,7-8,11H2. The average molecular weight is 309 g/mol. The van der Waals surface area contributed by atoms with E-state index in [1.54, 1.807) is 4.88 Å². The number of hydrogen-bond donors (Lipinski definition) is 1. The van der Waals surface area contributed by atoms with Crippen LogP contribution in [-0.2, 0) is 13.0 Å². The first-order valence-corrected chi connectivity index (χ1v) is 8.67. The van der Waals surface area contributed by atoms with Crippen molar-refractivity contribution >= 4 is 11.3 Å². The summed E-state index contributed by atoms with van der Waals surface area (Å²) in [6.45, 7) is 0.868. The summed E-state index contributed by atoms with van der Waals surface area (Å²) in [5.74, 6) is 0. The summed E-state index contributed by atoms with van der Waals surface area (Å²) in [4.78, 5) is 1.56. The summed E-state index contributed by atoms with van der Waals surface area (Å²) in [6.07, 6.45) is 7.83. The van der Waals surface area contributed by atoms with Crippen molar-refractivity contribution in [2.45, 2.75) is 31.8 Å². The van der Waals surface area contributed by atoms with Crippen molar-refractivity contribution in [3.8, 4) is 5.69 Å². The van der Waals surface area contributed by atoms with Crippen molar-refractivity contribution in [1.29, 1.82) is 0 Å². The maximum absolute atomic E-state index is 4.46. The lowest BCUT2D eigenvalue weighted by atomic mass is 9.94. The van der Waals surface area contributed by atoms with Gasteiger partial charge >= 0.3 is 0 Å². The molecule has 0 aliphatic heterocycles. The molecule has 0 amide bonds. The van der Waals surface area contributed by atoms with Crippen LogP contribution in [0, 0.1) is 0 Å². The second kappa shape index (κ2) is 6.07. The number of nitrogens with one attached hydrogen (secondary N) is 1. The molecule has 0 spiro atoms. The number of thiophene rings is 1. The first kappa shape index (κ1) is 13.7. The largest absolute Gasteiger partial charge is 0.306 e. The van der Waals surface area contributed by atoms with Gasteiger partial charge in [0, 0.05) is 29.2 Å². The number of benzene rings is 1. The molecule has 1 aliphatic rings. The van der Waals surface area contributed by atoms with Crippen LogP contribution in [-0.4, -0.2) is 9.78 Å². The molecule has 0 bridgehead atoms. The van der Waals surface area contributed by atoms with Crippen molar-refractivity contribution in [1.82, 2.24) is 15.1 Å². The number of aromatic nitrogens is 2. The van der Waals surface area contributed by atoms with Crippen molar-refractivity contribution in [2.24, 2.45) is 0 Å². The molecular formula is C18H19N3S. The molecule has 3 nitrogen and oxygen atoms in total. The van der Waals surface area contributed by atoms with Gasteiger partial charge in [0.05, 0.1) is 11.9 Å². The SMILES string of the molecule is c1ccc(-n2cc(CNC3CCCc4sccc43)cn2)cc1. The van der Waals surface area contributed by atoms with E-state index < -0.39 is 0 Å². The highest BCUT2D eigenvalue weighted by Gasteiger charge is 2.20. The molecule has 22 heavy (non-hydrogen) atoms. The highest BCUT2D eigenvalue weighted by Crippen LogP contribution is 2.33. The van der Waals surface area contributed by atoms with Crippen molar-refractivity contribution in [2.75, 3.05) is 0 Å². The second-order valence-corrected chi connectivity index (χ2v) is 6.75. The molecule has 0 radical (unpaired) electrons. The Balaban J connectivity index is 1.44. The third-order valence-electron chi connectivity index (χ3n) is 4.26. The molecule has 4 heteroatoms. The molecule has 2 aromatic heterocycles. The van der Waals surface area contributed by atoms with Crippen LogP contribution >= 0.6 is 11.3 Å². The van der Waals surface area contributed by atoms with E-state index in [0.29, 0.717) is 6.04 Å². The van der Waals surface area contributed by atoms with Crippen LogP contribution in [0.5, 0.6) is 0 Å². The molecular weight excluding hydrogens is 290 g/mol.